The number of carboxylic acid groups (broad SMARTS) is 1. The molecule has 3 heteroatoms. The molecule has 1 saturated heterocycles. The number of carboxylic acids is 1. The van der Waals surface area contributed by atoms with Crippen molar-refractivity contribution in [2.24, 2.45) is 5.92 Å². The van der Waals surface area contributed by atoms with E-state index in [4.69, 9.17) is 0 Å². The number of carbonyl (C=O) groups is 1. The summed E-state index contributed by atoms with van der Waals surface area (Å²) in [6.45, 7) is 9.75. The highest BCUT2D eigenvalue weighted by Crippen LogP contribution is 2.38. The minimum Gasteiger partial charge on any atom is -0.480 e. The number of hydrogen-bond donors (Lipinski definition) is 1. The number of rotatable bonds is 8. The molecule has 0 amide bonds. The van der Waals surface area contributed by atoms with Gasteiger partial charge in [0, 0.05) is 6.04 Å². The molecule has 1 aliphatic rings. The van der Waals surface area contributed by atoms with E-state index in [1.807, 2.05) is 0 Å². The second-order valence-electron chi connectivity index (χ2n) is 6.19. The van der Waals surface area contributed by atoms with Crippen molar-refractivity contribution in [3.63, 3.8) is 0 Å². The highest BCUT2D eigenvalue weighted by atomic mass is 16.4. The molecule has 0 spiro atoms. The summed E-state index contributed by atoms with van der Waals surface area (Å²) in [5, 5.41) is 9.76. The number of hydrogen-bond acceptors (Lipinski definition) is 2. The number of aliphatic carboxylic acids is 1. The summed E-state index contributed by atoms with van der Waals surface area (Å²) in [6.07, 6.45) is 6.96. The van der Waals surface area contributed by atoms with Crippen molar-refractivity contribution in [3.8, 4) is 0 Å². The predicted molar refractivity (Wildman–Crippen MR) is 79.4 cm³/mol. The quantitative estimate of drug-likeness (QED) is 0.726. The van der Waals surface area contributed by atoms with Crippen LogP contribution in [0.4, 0.5) is 0 Å². The van der Waals surface area contributed by atoms with Crippen LogP contribution < -0.4 is 0 Å². The van der Waals surface area contributed by atoms with Crippen molar-refractivity contribution in [1.82, 2.24) is 4.90 Å². The summed E-state index contributed by atoms with van der Waals surface area (Å²) >= 11 is 0. The summed E-state index contributed by atoms with van der Waals surface area (Å²) in [7, 11) is 0. The first kappa shape index (κ1) is 16.5. The maximum atomic E-state index is 11.9. The van der Waals surface area contributed by atoms with E-state index in [0.29, 0.717) is 12.0 Å². The normalized spacial score (nSPS) is 27.4. The highest BCUT2D eigenvalue weighted by Gasteiger charge is 2.48. The summed E-state index contributed by atoms with van der Waals surface area (Å²) in [5.41, 5.74) is -0.580. The van der Waals surface area contributed by atoms with Crippen molar-refractivity contribution >= 4 is 5.97 Å². The van der Waals surface area contributed by atoms with Crippen LogP contribution in [0.3, 0.4) is 0 Å². The standard InChI is InChI=1S/C16H31NO2/c1-5-9-16(15(18)19)10-8-11-17(16)14(7-3)12-13(4)6-2/h13-14H,5-12H2,1-4H3,(H,18,19). The molecule has 1 fully saturated rings. The van der Waals surface area contributed by atoms with E-state index >= 15 is 0 Å². The average Bonchev–Trinajstić information content (AvgIpc) is 2.81. The molecule has 1 N–H and O–H groups in total. The third-order valence-corrected chi connectivity index (χ3v) is 4.88. The van der Waals surface area contributed by atoms with Gasteiger partial charge in [-0.2, -0.15) is 0 Å². The Morgan fingerprint density at radius 2 is 2.00 bits per heavy atom. The summed E-state index contributed by atoms with van der Waals surface area (Å²) in [5.74, 6) is 0.0770. The average molecular weight is 269 g/mol. The minimum absolute atomic E-state index is 0.431. The van der Waals surface area contributed by atoms with E-state index < -0.39 is 11.5 Å². The van der Waals surface area contributed by atoms with Crippen LogP contribution in [0.1, 0.15) is 72.6 Å². The maximum Gasteiger partial charge on any atom is 0.324 e. The molecule has 0 saturated carbocycles. The Bertz CT molecular complexity index is 292. The van der Waals surface area contributed by atoms with Gasteiger partial charge in [0.05, 0.1) is 0 Å². The molecule has 3 atom stereocenters. The van der Waals surface area contributed by atoms with Gasteiger partial charge in [0.2, 0.25) is 0 Å². The predicted octanol–water partition coefficient (Wildman–Crippen LogP) is 3.92. The van der Waals surface area contributed by atoms with Crippen LogP contribution in [0.25, 0.3) is 0 Å². The molecule has 1 aliphatic heterocycles. The lowest BCUT2D eigenvalue weighted by atomic mass is 9.87. The molecule has 0 aliphatic carbocycles. The van der Waals surface area contributed by atoms with E-state index in [-0.39, 0.29) is 0 Å². The van der Waals surface area contributed by atoms with Gasteiger partial charge in [0.1, 0.15) is 5.54 Å². The Morgan fingerprint density at radius 3 is 2.47 bits per heavy atom. The Balaban J connectivity index is 2.90. The molecular weight excluding hydrogens is 238 g/mol. The molecule has 112 valence electrons. The Morgan fingerprint density at radius 1 is 1.32 bits per heavy atom. The maximum absolute atomic E-state index is 11.9. The fourth-order valence-corrected chi connectivity index (χ4v) is 3.60. The Labute approximate surface area is 118 Å². The van der Waals surface area contributed by atoms with Crippen molar-refractivity contribution in [2.45, 2.75) is 84.2 Å². The van der Waals surface area contributed by atoms with Crippen molar-refractivity contribution in [3.05, 3.63) is 0 Å². The van der Waals surface area contributed by atoms with E-state index in [2.05, 4.69) is 32.6 Å². The van der Waals surface area contributed by atoms with E-state index in [9.17, 15) is 9.90 Å². The smallest absolute Gasteiger partial charge is 0.324 e. The second kappa shape index (κ2) is 7.28. The lowest BCUT2D eigenvalue weighted by Gasteiger charge is -2.41. The topological polar surface area (TPSA) is 40.5 Å². The molecule has 0 aromatic carbocycles. The monoisotopic (exact) mass is 269 g/mol. The summed E-state index contributed by atoms with van der Waals surface area (Å²) in [6, 6.07) is 0.431. The molecule has 3 unspecified atom stereocenters. The first-order valence-corrected chi connectivity index (χ1v) is 8.01. The SMILES string of the molecule is CCCC1(C(=O)O)CCCN1C(CC)CC(C)CC. The van der Waals surface area contributed by atoms with Crippen molar-refractivity contribution in [1.29, 1.82) is 0 Å². The van der Waals surface area contributed by atoms with Crippen LogP contribution in [0.5, 0.6) is 0 Å². The van der Waals surface area contributed by atoms with Gasteiger partial charge in [-0.15, -0.1) is 0 Å². The molecule has 0 aromatic heterocycles. The molecule has 1 heterocycles. The molecule has 0 bridgehead atoms. The zero-order valence-electron chi connectivity index (χ0n) is 13.1. The van der Waals surface area contributed by atoms with E-state index in [1.165, 1.54) is 6.42 Å². The van der Waals surface area contributed by atoms with Crippen LogP contribution >= 0.6 is 0 Å². The van der Waals surface area contributed by atoms with Crippen LogP contribution in [-0.2, 0) is 4.79 Å². The molecule has 3 nitrogen and oxygen atoms in total. The first-order chi connectivity index (χ1) is 9.01. The molecular formula is C16H31NO2. The third-order valence-electron chi connectivity index (χ3n) is 4.88. The van der Waals surface area contributed by atoms with Gasteiger partial charge in [0.25, 0.3) is 0 Å². The van der Waals surface area contributed by atoms with Gasteiger partial charge in [0.15, 0.2) is 0 Å². The van der Waals surface area contributed by atoms with Gasteiger partial charge < -0.3 is 5.11 Å². The van der Waals surface area contributed by atoms with Crippen molar-refractivity contribution < 1.29 is 9.90 Å². The zero-order valence-corrected chi connectivity index (χ0v) is 13.1. The highest BCUT2D eigenvalue weighted by molar-refractivity contribution is 5.79. The third kappa shape index (κ3) is 3.50. The first-order valence-electron chi connectivity index (χ1n) is 8.01. The molecule has 0 aromatic rings. The Hall–Kier alpha value is -0.570. The fraction of sp³-hybridized carbons (Fsp3) is 0.938. The van der Waals surface area contributed by atoms with Crippen molar-refractivity contribution in [2.75, 3.05) is 6.54 Å². The Kier molecular flexibility index (Phi) is 6.31. The second-order valence-corrected chi connectivity index (χ2v) is 6.19. The van der Waals surface area contributed by atoms with Crippen LogP contribution in [0.15, 0.2) is 0 Å². The van der Waals surface area contributed by atoms with Gasteiger partial charge in [-0.05, 0) is 44.6 Å². The largest absolute Gasteiger partial charge is 0.480 e. The summed E-state index contributed by atoms with van der Waals surface area (Å²) in [4.78, 5) is 14.2. The van der Waals surface area contributed by atoms with Crippen LogP contribution in [0.2, 0.25) is 0 Å². The lowest BCUT2D eigenvalue weighted by Crippen LogP contribution is -2.54. The lowest BCUT2D eigenvalue weighted by molar-refractivity contribution is -0.152. The fourth-order valence-electron chi connectivity index (χ4n) is 3.60. The van der Waals surface area contributed by atoms with Gasteiger partial charge in [-0.3, -0.25) is 9.69 Å². The van der Waals surface area contributed by atoms with Gasteiger partial charge in [-0.1, -0.05) is 40.5 Å². The number of nitrogens with zero attached hydrogens (tertiary/aromatic N) is 1. The summed E-state index contributed by atoms with van der Waals surface area (Å²) < 4.78 is 0. The minimum atomic E-state index is -0.602. The van der Waals surface area contributed by atoms with Crippen LogP contribution in [0, 0.1) is 5.92 Å². The van der Waals surface area contributed by atoms with Gasteiger partial charge >= 0.3 is 5.97 Å². The van der Waals surface area contributed by atoms with Gasteiger partial charge in [-0.25, -0.2) is 0 Å². The van der Waals surface area contributed by atoms with E-state index in [0.717, 1.165) is 45.1 Å². The molecule has 19 heavy (non-hydrogen) atoms. The van der Waals surface area contributed by atoms with Crippen LogP contribution in [-0.4, -0.2) is 34.1 Å². The zero-order chi connectivity index (χ0) is 14.5. The molecule has 0 radical (unpaired) electrons. The van der Waals surface area contributed by atoms with E-state index in [1.54, 1.807) is 0 Å². The number of likely N-dealkylation sites (tertiary alicyclic amines) is 1. The molecule has 1 rings (SSSR count).